The fourth-order valence-corrected chi connectivity index (χ4v) is 1.16. The van der Waals surface area contributed by atoms with Gasteiger partial charge in [0.15, 0.2) is 6.29 Å². The summed E-state index contributed by atoms with van der Waals surface area (Å²) in [6, 6.07) is 4.74. The third-order valence-corrected chi connectivity index (χ3v) is 1.87. The summed E-state index contributed by atoms with van der Waals surface area (Å²) in [7, 11) is 0. The van der Waals surface area contributed by atoms with E-state index in [0.29, 0.717) is 29.0 Å². The summed E-state index contributed by atoms with van der Waals surface area (Å²) in [5.74, 6) is 0.442. The SMILES string of the molecule is O=Cc1cc(Cl)ccc1OCCCF. The van der Waals surface area contributed by atoms with Crippen LogP contribution in [0.15, 0.2) is 18.2 Å². The number of hydrogen-bond acceptors (Lipinski definition) is 2. The zero-order valence-corrected chi connectivity index (χ0v) is 8.26. The number of carbonyl (C=O) groups excluding carboxylic acids is 1. The van der Waals surface area contributed by atoms with Crippen molar-refractivity contribution < 1.29 is 13.9 Å². The lowest BCUT2D eigenvalue weighted by atomic mass is 10.2. The van der Waals surface area contributed by atoms with Crippen molar-refractivity contribution in [3.63, 3.8) is 0 Å². The second-order valence-electron chi connectivity index (χ2n) is 2.69. The Morgan fingerprint density at radius 1 is 1.50 bits per heavy atom. The van der Waals surface area contributed by atoms with Gasteiger partial charge >= 0.3 is 0 Å². The Morgan fingerprint density at radius 3 is 2.93 bits per heavy atom. The number of halogens is 2. The lowest BCUT2D eigenvalue weighted by Crippen LogP contribution is -2.00. The van der Waals surface area contributed by atoms with Crippen LogP contribution in [0.3, 0.4) is 0 Å². The summed E-state index contributed by atoms with van der Waals surface area (Å²) < 4.78 is 17.0. The minimum Gasteiger partial charge on any atom is -0.493 e. The first kappa shape index (κ1) is 11.0. The summed E-state index contributed by atoms with van der Waals surface area (Å²) in [6.07, 6.45) is 0.984. The van der Waals surface area contributed by atoms with Gasteiger partial charge in [-0.05, 0) is 18.2 Å². The standard InChI is InChI=1S/C10H10ClFO2/c11-9-2-3-10(8(6-9)7-13)14-5-1-4-12/h2-3,6-7H,1,4-5H2. The molecule has 0 bridgehead atoms. The second kappa shape index (κ2) is 5.60. The fraction of sp³-hybridized carbons (Fsp3) is 0.300. The Balaban J connectivity index is 2.70. The molecule has 0 fully saturated rings. The number of benzene rings is 1. The number of rotatable bonds is 5. The lowest BCUT2D eigenvalue weighted by molar-refractivity contribution is 0.111. The first-order valence-corrected chi connectivity index (χ1v) is 4.59. The zero-order valence-electron chi connectivity index (χ0n) is 7.50. The van der Waals surface area contributed by atoms with E-state index in [-0.39, 0.29) is 6.61 Å². The maximum atomic E-state index is 11.8. The van der Waals surface area contributed by atoms with Gasteiger partial charge in [-0.15, -0.1) is 0 Å². The quantitative estimate of drug-likeness (QED) is 0.559. The van der Waals surface area contributed by atoms with Gasteiger partial charge in [-0.2, -0.15) is 0 Å². The molecule has 0 unspecified atom stereocenters. The molecule has 0 saturated heterocycles. The van der Waals surface area contributed by atoms with Gasteiger partial charge in [0.1, 0.15) is 5.75 Å². The van der Waals surface area contributed by atoms with Crippen LogP contribution < -0.4 is 4.74 Å². The normalized spacial score (nSPS) is 9.86. The van der Waals surface area contributed by atoms with Crippen LogP contribution in [-0.2, 0) is 0 Å². The Bertz CT molecular complexity index is 315. The molecule has 4 heteroatoms. The maximum absolute atomic E-state index is 11.8. The van der Waals surface area contributed by atoms with Gasteiger partial charge in [-0.3, -0.25) is 9.18 Å². The van der Waals surface area contributed by atoms with E-state index in [1.807, 2.05) is 0 Å². The van der Waals surface area contributed by atoms with E-state index in [2.05, 4.69) is 0 Å². The topological polar surface area (TPSA) is 26.3 Å². The molecule has 2 nitrogen and oxygen atoms in total. The summed E-state index contributed by atoms with van der Waals surface area (Å²) in [6.45, 7) is -0.164. The van der Waals surface area contributed by atoms with Gasteiger partial charge in [0, 0.05) is 11.4 Å². The summed E-state index contributed by atoms with van der Waals surface area (Å²) in [5.41, 5.74) is 0.386. The number of ether oxygens (including phenoxy) is 1. The van der Waals surface area contributed by atoms with E-state index in [9.17, 15) is 9.18 Å². The number of aldehydes is 1. The number of alkyl halides is 1. The maximum Gasteiger partial charge on any atom is 0.153 e. The molecule has 0 N–H and O–H groups in total. The Morgan fingerprint density at radius 2 is 2.29 bits per heavy atom. The van der Waals surface area contributed by atoms with Crippen LogP contribution in [0.1, 0.15) is 16.8 Å². The molecule has 76 valence electrons. The van der Waals surface area contributed by atoms with Crippen molar-refractivity contribution in [3.8, 4) is 5.75 Å². The predicted molar refractivity (Wildman–Crippen MR) is 52.9 cm³/mol. The average molecular weight is 217 g/mol. The Labute approximate surface area is 86.6 Å². The van der Waals surface area contributed by atoms with E-state index in [0.717, 1.165) is 0 Å². The minimum atomic E-state index is -0.427. The van der Waals surface area contributed by atoms with Crippen LogP contribution in [0.5, 0.6) is 5.75 Å². The predicted octanol–water partition coefficient (Wildman–Crippen LogP) is 2.89. The molecule has 0 aromatic heterocycles. The molecule has 0 radical (unpaired) electrons. The highest BCUT2D eigenvalue weighted by atomic mass is 35.5. The third-order valence-electron chi connectivity index (χ3n) is 1.63. The van der Waals surface area contributed by atoms with Gasteiger partial charge in [0.25, 0.3) is 0 Å². The monoisotopic (exact) mass is 216 g/mol. The first-order valence-electron chi connectivity index (χ1n) is 4.21. The van der Waals surface area contributed by atoms with Gasteiger partial charge < -0.3 is 4.74 Å². The molecule has 0 aliphatic carbocycles. The van der Waals surface area contributed by atoms with Crippen LogP contribution in [-0.4, -0.2) is 19.6 Å². The largest absolute Gasteiger partial charge is 0.493 e. The van der Waals surface area contributed by atoms with E-state index in [1.54, 1.807) is 12.1 Å². The smallest absolute Gasteiger partial charge is 0.153 e. The average Bonchev–Trinajstić information content (AvgIpc) is 2.20. The van der Waals surface area contributed by atoms with Crippen molar-refractivity contribution in [1.29, 1.82) is 0 Å². The summed E-state index contributed by atoms with van der Waals surface area (Å²) in [5, 5.41) is 0.477. The van der Waals surface area contributed by atoms with Crippen molar-refractivity contribution in [3.05, 3.63) is 28.8 Å². The summed E-state index contributed by atoms with van der Waals surface area (Å²) in [4.78, 5) is 10.6. The summed E-state index contributed by atoms with van der Waals surface area (Å²) >= 11 is 5.68. The Hall–Kier alpha value is -1.09. The third kappa shape index (κ3) is 3.00. The minimum absolute atomic E-state index is 0.263. The molecule has 1 aromatic rings. The first-order chi connectivity index (χ1) is 6.77. The fourth-order valence-electron chi connectivity index (χ4n) is 0.980. The van der Waals surface area contributed by atoms with Gasteiger partial charge in [-0.1, -0.05) is 11.6 Å². The van der Waals surface area contributed by atoms with Gasteiger partial charge in [0.05, 0.1) is 18.8 Å². The van der Waals surface area contributed by atoms with Crippen LogP contribution in [0.25, 0.3) is 0 Å². The van der Waals surface area contributed by atoms with E-state index in [4.69, 9.17) is 16.3 Å². The molecule has 1 rings (SSSR count). The number of carbonyl (C=O) groups is 1. The molecule has 0 spiro atoms. The molecular weight excluding hydrogens is 207 g/mol. The van der Waals surface area contributed by atoms with Crippen LogP contribution in [0.4, 0.5) is 4.39 Å². The molecule has 0 atom stereocenters. The van der Waals surface area contributed by atoms with Crippen molar-refractivity contribution in [1.82, 2.24) is 0 Å². The highest BCUT2D eigenvalue weighted by Gasteiger charge is 2.03. The lowest BCUT2D eigenvalue weighted by Gasteiger charge is -2.06. The van der Waals surface area contributed by atoms with Crippen molar-refractivity contribution in [2.75, 3.05) is 13.3 Å². The van der Waals surface area contributed by atoms with Crippen LogP contribution in [0, 0.1) is 0 Å². The molecule has 0 aliphatic rings. The van der Waals surface area contributed by atoms with Crippen LogP contribution in [0.2, 0.25) is 5.02 Å². The van der Waals surface area contributed by atoms with Crippen molar-refractivity contribution >= 4 is 17.9 Å². The molecule has 0 heterocycles. The molecule has 0 amide bonds. The molecular formula is C10H10ClFO2. The van der Waals surface area contributed by atoms with Crippen molar-refractivity contribution in [2.45, 2.75) is 6.42 Å². The van der Waals surface area contributed by atoms with Crippen molar-refractivity contribution in [2.24, 2.45) is 0 Å². The van der Waals surface area contributed by atoms with Crippen LogP contribution >= 0.6 is 11.6 Å². The highest BCUT2D eigenvalue weighted by Crippen LogP contribution is 2.21. The van der Waals surface area contributed by atoms with E-state index >= 15 is 0 Å². The van der Waals surface area contributed by atoms with Gasteiger partial charge in [-0.25, -0.2) is 0 Å². The molecule has 14 heavy (non-hydrogen) atoms. The molecule has 0 saturated carbocycles. The highest BCUT2D eigenvalue weighted by molar-refractivity contribution is 6.30. The van der Waals surface area contributed by atoms with E-state index in [1.165, 1.54) is 6.07 Å². The molecule has 0 aliphatic heterocycles. The zero-order chi connectivity index (χ0) is 10.4. The number of hydrogen-bond donors (Lipinski definition) is 0. The molecule has 1 aromatic carbocycles. The van der Waals surface area contributed by atoms with E-state index < -0.39 is 6.67 Å². The second-order valence-corrected chi connectivity index (χ2v) is 3.13. The Kier molecular flexibility index (Phi) is 4.40. The van der Waals surface area contributed by atoms with Gasteiger partial charge in [0.2, 0.25) is 0 Å².